The number of rotatable bonds is 12. The summed E-state index contributed by atoms with van der Waals surface area (Å²) < 4.78 is 0. The summed E-state index contributed by atoms with van der Waals surface area (Å²) in [5.74, 6) is -9.29. The van der Waals surface area contributed by atoms with E-state index in [0.717, 1.165) is 0 Å². The highest BCUT2D eigenvalue weighted by Gasteiger charge is 2.71. The Kier molecular flexibility index (Phi) is 6.59. The molecule has 19 nitrogen and oxygen atoms in total. The molecular formula is C7H8N6O13. The third-order valence-corrected chi connectivity index (χ3v) is 3.23. The molecule has 19 heteroatoms. The van der Waals surface area contributed by atoms with Crippen molar-refractivity contribution in [2.75, 3.05) is 0 Å². The minimum atomic E-state index is -3.97. The number of hydrogen-bond donors (Lipinski definition) is 0. The van der Waals surface area contributed by atoms with Gasteiger partial charge in [0.2, 0.25) is 0 Å². The molecule has 0 aromatic rings. The van der Waals surface area contributed by atoms with E-state index in [2.05, 4.69) is 0 Å². The van der Waals surface area contributed by atoms with Crippen LogP contribution in [0.2, 0.25) is 0 Å². The first-order valence-corrected chi connectivity index (χ1v) is 6.15. The first kappa shape index (κ1) is 22.1. The van der Waals surface area contributed by atoms with Gasteiger partial charge in [0.25, 0.3) is 0 Å². The Bertz CT molecular complexity index is 558. The van der Waals surface area contributed by atoms with Gasteiger partial charge in [0.1, 0.15) is 5.78 Å². The van der Waals surface area contributed by atoms with Crippen molar-refractivity contribution in [3.8, 4) is 0 Å². The van der Waals surface area contributed by atoms with E-state index in [1.807, 2.05) is 0 Å². The van der Waals surface area contributed by atoms with Crippen molar-refractivity contribution >= 4 is 5.78 Å². The summed E-state index contributed by atoms with van der Waals surface area (Å²) in [7, 11) is 0. The summed E-state index contributed by atoms with van der Waals surface area (Å²) in [6.45, 7) is 0. The Labute approximate surface area is 139 Å². The molecule has 26 heavy (non-hydrogen) atoms. The number of hydrogen-bond acceptors (Lipinski definition) is 13. The summed E-state index contributed by atoms with van der Waals surface area (Å²) >= 11 is 0. The van der Waals surface area contributed by atoms with E-state index in [0.29, 0.717) is 0 Å². The van der Waals surface area contributed by atoms with Crippen molar-refractivity contribution in [2.45, 2.75) is 37.3 Å². The Hall–Kier alpha value is -3.93. The maximum absolute atomic E-state index is 11.5. The largest absolute Gasteiger partial charge is 0.700 e. The van der Waals surface area contributed by atoms with Crippen molar-refractivity contribution in [1.82, 2.24) is 0 Å². The Morgan fingerprint density at radius 2 is 0.731 bits per heavy atom. The number of nitrogens with zero attached hydrogens (tertiary/aromatic N) is 6. The van der Waals surface area contributed by atoms with Crippen LogP contribution in [0.15, 0.2) is 0 Å². The second-order valence-corrected chi connectivity index (χ2v) is 4.63. The zero-order valence-electron chi connectivity index (χ0n) is 12.3. The van der Waals surface area contributed by atoms with Gasteiger partial charge in [-0.15, -0.1) is 0 Å². The van der Waals surface area contributed by atoms with Crippen molar-refractivity contribution in [3.63, 3.8) is 0 Å². The molecule has 0 spiro atoms. The first-order valence-electron chi connectivity index (χ1n) is 6.15. The lowest BCUT2D eigenvalue weighted by Gasteiger charge is -2.09. The van der Waals surface area contributed by atoms with Crippen LogP contribution < -0.4 is 0 Å². The van der Waals surface area contributed by atoms with Crippen molar-refractivity contribution in [3.05, 3.63) is 60.7 Å². The molecule has 0 aliphatic heterocycles. The minimum absolute atomic E-state index is 1.24. The molecule has 0 aromatic carbocycles. The number of nitro groups is 6. The Balaban J connectivity index is 5.32. The molecule has 0 aromatic heterocycles. The molecule has 0 saturated carbocycles. The van der Waals surface area contributed by atoms with E-state index in [4.69, 9.17) is 0 Å². The highest BCUT2D eigenvalue weighted by Crippen LogP contribution is 2.23. The van der Waals surface area contributed by atoms with Gasteiger partial charge < -0.3 is 0 Å². The quantitative estimate of drug-likeness (QED) is 0.224. The van der Waals surface area contributed by atoms with Crippen LogP contribution in [-0.2, 0) is 4.79 Å². The molecule has 0 atom stereocenters. The van der Waals surface area contributed by atoms with E-state index in [-0.39, 0.29) is 0 Å². The van der Waals surface area contributed by atoms with Crippen LogP contribution in [-0.4, -0.2) is 46.9 Å². The third-order valence-electron chi connectivity index (χ3n) is 3.23. The molecule has 0 fully saturated rings. The lowest BCUT2D eigenvalue weighted by Crippen LogP contribution is -2.54. The van der Waals surface area contributed by atoms with Gasteiger partial charge in [0, 0.05) is 12.8 Å². The van der Waals surface area contributed by atoms with Gasteiger partial charge in [-0.3, -0.25) is 65.5 Å². The summed E-state index contributed by atoms with van der Waals surface area (Å²) in [4.78, 5) is 64.2. The summed E-state index contributed by atoms with van der Waals surface area (Å²) in [5, 5.41) is 63.9. The first-order chi connectivity index (χ1) is 11.8. The highest BCUT2D eigenvalue weighted by molar-refractivity contribution is 5.78. The fourth-order valence-electron chi connectivity index (χ4n) is 1.69. The summed E-state index contributed by atoms with van der Waals surface area (Å²) in [6, 6.07) is 0. The monoisotopic (exact) mass is 384 g/mol. The molecule has 0 unspecified atom stereocenters. The van der Waals surface area contributed by atoms with Gasteiger partial charge in [-0.1, -0.05) is 0 Å². The van der Waals surface area contributed by atoms with Gasteiger partial charge in [-0.2, -0.15) is 0 Å². The molecule has 0 rings (SSSR count). The normalized spacial score (nSPS) is 11.4. The molecular weight excluding hydrogens is 376 g/mol. The minimum Gasteiger partial charge on any atom is -0.300 e. The average molecular weight is 384 g/mol. The second kappa shape index (κ2) is 7.76. The molecule has 0 saturated heterocycles. The van der Waals surface area contributed by atoms with Crippen molar-refractivity contribution in [2.24, 2.45) is 0 Å². The zero-order chi connectivity index (χ0) is 20.9. The van der Waals surface area contributed by atoms with E-state index in [1.54, 1.807) is 0 Å². The van der Waals surface area contributed by atoms with Crippen LogP contribution >= 0.6 is 0 Å². The Morgan fingerprint density at radius 3 is 0.885 bits per heavy atom. The van der Waals surface area contributed by atoms with E-state index < -0.39 is 72.6 Å². The van der Waals surface area contributed by atoms with E-state index in [9.17, 15) is 65.5 Å². The molecule has 0 aliphatic rings. The standard InChI is InChI=1S/C7H8N6O13/c14-5(1-3-6(8(15)16,9(17)18)10(19)20)2-4-7(11(21)22,12(23)24)13(25)26/h1-4H2. The zero-order valence-corrected chi connectivity index (χ0v) is 12.3. The molecule has 0 aliphatic carbocycles. The molecule has 0 amide bonds. The van der Waals surface area contributed by atoms with Crippen LogP contribution in [0.5, 0.6) is 0 Å². The summed E-state index contributed by atoms with van der Waals surface area (Å²) in [6.07, 6.45) is -5.62. The Morgan fingerprint density at radius 1 is 0.538 bits per heavy atom. The highest BCUT2D eigenvalue weighted by atomic mass is 16.7. The number of carbonyl (C=O) groups excluding carboxylic acids is 1. The van der Waals surface area contributed by atoms with Gasteiger partial charge in [0.15, 0.2) is 42.4 Å². The lowest BCUT2D eigenvalue weighted by atomic mass is 10.0. The summed E-state index contributed by atoms with van der Waals surface area (Å²) in [5.41, 5.74) is 0. The van der Waals surface area contributed by atoms with E-state index in [1.165, 1.54) is 0 Å². The SMILES string of the molecule is O=C(CCC([N+](=O)[O-])([N+](=O)[O-])[N+](=O)[O-])CCC([N+](=O)[O-])([N+](=O)[O-])[N+](=O)[O-]. The lowest BCUT2D eigenvalue weighted by molar-refractivity contribution is -0.970. The maximum Gasteiger partial charge on any atom is 0.700 e. The van der Waals surface area contributed by atoms with Crippen LogP contribution in [0.3, 0.4) is 0 Å². The van der Waals surface area contributed by atoms with Gasteiger partial charge >= 0.3 is 11.6 Å². The predicted molar refractivity (Wildman–Crippen MR) is 70.9 cm³/mol. The maximum atomic E-state index is 11.5. The molecule has 0 N–H and O–H groups in total. The van der Waals surface area contributed by atoms with Crippen LogP contribution in [0.1, 0.15) is 25.7 Å². The predicted octanol–water partition coefficient (Wildman–Crippen LogP) is -0.916. The topological polar surface area (TPSA) is 276 Å². The van der Waals surface area contributed by atoms with Crippen molar-refractivity contribution < 1.29 is 34.3 Å². The molecule has 0 heterocycles. The van der Waals surface area contributed by atoms with Gasteiger partial charge in [-0.05, 0) is 0 Å². The van der Waals surface area contributed by atoms with Crippen LogP contribution in [0.4, 0.5) is 0 Å². The number of carbonyl (C=O) groups is 1. The van der Waals surface area contributed by atoms with Gasteiger partial charge in [0.05, 0.1) is 0 Å². The number of Topliss-reactive ketones (excluding diaryl/α,β-unsaturated/α-hetero) is 1. The molecule has 0 bridgehead atoms. The molecule has 0 radical (unpaired) electrons. The van der Waals surface area contributed by atoms with Crippen molar-refractivity contribution in [1.29, 1.82) is 0 Å². The molecule has 144 valence electrons. The van der Waals surface area contributed by atoms with Crippen LogP contribution in [0, 0.1) is 60.7 Å². The second-order valence-electron chi connectivity index (χ2n) is 4.63. The average Bonchev–Trinajstić information content (AvgIpc) is 2.45. The number of ketones is 1. The smallest absolute Gasteiger partial charge is 0.300 e. The fraction of sp³-hybridized carbons (Fsp3) is 0.857. The fourth-order valence-corrected chi connectivity index (χ4v) is 1.69. The van der Waals surface area contributed by atoms with Gasteiger partial charge in [-0.25, -0.2) is 0 Å². The van der Waals surface area contributed by atoms with Crippen LogP contribution in [0.25, 0.3) is 0 Å². The third kappa shape index (κ3) is 3.76. The van der Waals surface area contributed by atoms with E-state index >= 15 is 0 Å².